The van der Waals surface area contributed by atoms with Crippen molar-refractivity contribution < 1.29 is 4.74 Å². The fraction of sp³-hybridized carbons (Fsp3) is 0.214. The summed E-state index contributed by atoms with van der Waals surface area (Å²) in [5.74, 6) is 1.43. The minimum absolute atomic E-state index is 0.618. The molecule has 0 radical (unpaired) electrons. The Bertz CT molecular complexity index is 440. The molecule has 0 saturated heterocycles. The highest BCUT2D eigenvalue weighted by Gasteiger charge is 1.97. The fourth-order valence-electron chi connectivity index (χ4n) is 1.47. The van der Waals surface area contributed by atoms with Crippen molar-refractivity contribution in [2.24, 2.45) is 0 Å². The molecule has 0 amide bonds. The van der Waals surface area contributed by atoms with E-state index in [0.717, 1.165) is 18.8 Å². The largest absolute Gasteiger partial charge is 0.439 e. The third-order valence-electron chi connectivity index (χ3n) is 2.36. The number of hydrogen-bond donors (Lipinski definition) is 1. The highest BCUT2D eigenvalue weighted by Crippen LogP contribution is 2.18. The van der Waals surface area contributed by atoms with Crippen LogP contribution >= 0.6 is 0 Å². The van der Waals surface area contributed by atoms with Gasteiger partial charge >= 0.3 is 0 Å². The Labute approximate surface area is 101 Å². The molecule has 0 aliphatic heterocycles. The number of ether oxygens (including phenoxy) is 1. The van der Waals surface area contributed by atoms with Gasteiger partial charge in [-0.05, 0) is 30.3 Å². The zero-order chi connectivity index (χ0) is 11.9. The summed E-state index contributed by atoms with van der Waals surface area (Å²) in [5.41, 5.74) is 1.25. The molecule has 3 nitrogen and oxygen atoms in total. The molecule has 2 aromatic rings. The second-order valence-corrected chi connectivity index (χ2v) is 3.69. The van der Waals surface area contributed by atoms with Crippen LogP contribution in [0.4, 0.5) is 0 Å². The summed E-state index contributed by atoms with van der Waals surface area (Å²) in [4.78, 5) is 4.11. The molecule has 1 N–H and O–H groups in total. The molecule has 0 unspecified atom stereocenters. The van der Waals surface area contributed by atoms with E-state index in [9.17, 15) is 0 Å². The van der Waals surface area contributed by atoms with E-state index in [1.807, 2.05) is 30.3 Å². The fourth-order valence-corrected chi connectivity index (χ4v) is 1.47. The van der Waals surface area contributed by atoms with Gasteiger partial charge in [-0.25, -0.2) is 4.98 Å². The van der Waals surface area contributed by atoms with Crippen molar-refractivity contribution >= 4 is 0 Å². The molecule has 0 aliphatic carbocycles. The second kappa shape index (κ2) is 6.01. The summed E-state index contributed by atoms with van der Waals surface area (Å²) in [5, 5.41) is 3.28. The number of rotatable bonds is 5. The first-order valence-electron chi connectivity index (χ1n) is 5.77. The van der Waals surface area contributed by atoms with Crippen LogP contribution < -0.4 is 10.1 Å². The molecule has 0 aliphatic rings. The van der Waals surface area contributed by atoms with Gasteiger partial charge in [0.15, 0.2) is 0 Å². The van der Waals surface area contributed by atoms with Crippen LogP contribution in [0.15, 0.2) is 48.7 Å². The van der Waals surface area contributed by atoms with Gasteiger partial charge in [0.25, 0.3) is 0 Å². The maximum Gasteiger partial charge on any atom is 0.219 e. The van der Waals surface area contributed by atoms with Gasteiger partial charge < -0.3 is 10.1 Å². The van der Waals surface area contributed by atoms with Gasteiger partial charge in [0.2, 0.25) is 5.88 Å². The van der Waals surface area contributed by atoms with Crippen molar-refractivity contribution in [3.05, 3.63) is 54.2 Å². The molecular weight excluding hydrogens is 212 g/mol. The van der Waals surface area contributed by atoms with Gasteiger partial charge in [0, 0.05) is 18.8 Å². The lowest BCUT2D eigenvalue weighted by Gasteiger charge is -2.06. The van der Waals surface area contributed by atoms with Crippen LogP contribution in [-0.4, -0.2) is 11.5 Å². The van der Waals surface area contributed by atoms with Gasteiger partial charge in [-0.15, -0.1) is 0 Å². The highest BCUT2D eigenvalue weighted by atomic mass is 16.5. The van der Waals surface area contributed by atoms with E-state index in [1.54, 1.807) is 6.20 Å². The first-order valence-corrected chi connectivity index (χ1v) is 5.77. The lowest BCUT2D eigenvalue weighted by Crippen LogP contribution is -2.11. The quantitative estimate of drug-likeness (QED) is 0.854. The maximum absolute atomic E-state index is 5.61. The zero-order valence-electron chi connectivity index (χ0n) is 9.89. The number of nitrogens with zero attached hydrogens (tertiary/aromatic N) is 1. The van der Waals surface area contributed by atoms with Crippen molar-refractivity contribution in [1.82, 2.24) is 10.3 Å². The maximum atomic E-state index is 5.61. The highest BCUT2D eigenvalue weighted by molar-refractivity contribution is 5.30. The van der Waals surface area contributed by atoms with Crippen LogP contribution in [0.2, 0.25) is 0 Å². The number of pyridine rings is 1. The first-order chi connectivity index (χ1) is 8.38. The van der Waals surface area contributed by atoms with Gasteiger partial charge in [-0.2, -0.15) is 0 Å². The number of nitrogens with one attached hydrogen (secondary N) is 1. The van der Waals surface area contributed by atoms with Gasteiger partial charge in [0.05, 0.1) is 0 Å². The third kappa shape index (κ3) is 3.57. The van der Waals surface area contributed by atoms with Crippen LogP contribution in [0.5, 0.6) is 11.6 Å². The molecule has 88 valence electrons. The van der Waals surface area contributed by atoms with Gasteiger partial charge in [0.1, 0.15) is 5.75 Å². The lowest BCUT2D eigenvalue weighted by atomic mass is 10.2. The van der Waals surface area contributed by atoms with Crippen LogP contribution in [-0.2, 0) is 6.54 Å². The molecule has 1 aromatic heterocycles. The zero-order valence-corrected chi connectivity index (χ0v) is 9.89. The molecule has 0 saturated carbocycles. The van der Waals surface area contributed by atoms with Crippen LogP contribution in [0.25, 0.3) is 0 Å². The van der Waals surface area contributed by atoms with Crippen molar-refractivity contribution in [1.29, 1.82) is 0 Å². The predicted octanol–water partition coefficient (Wildman–Crippen LogP) is 2.98. The van der Waals surface area contributed by atoms with E-state index in [0.29, 0.717) is 5.88 Å². The SMILES string of the molecule is CCNCc1ccc(Oc2ccccn2)cc1. The monoisotopic (exact) mass is 228 g/mol. The Kier molecular flexibility index (Phi) is 4.11. The van der Waals surface area contributed by atoms with Gasteiger partial charge in [-0.1, -0.05) is 25.1 Å². The molecule has 1 aromatic carbocycles. The Morgan fingerprint density at radius 1 is 1.12 bits per heavy atom. The third-order valence-corrected chi connectivity index (χ3v) is 2.36. The summed E-state index contributed by atoms with van der Waals surface area (Å²) in [6.07, 6.45) is 1.72. The average Bonchev–Trinajstić information content (AvgIpc) is 2.39. The average molecular weight is 228 g/mol. The van der Waals surface area contributed by atoms with Crippen molar-refractivity contribution in [3.8, 4) is 11.6 Å². The lowest BCUT2D eigenvalue weighted by molar-refractivity contribution is 0.462. The minimum Gasteiger partial charge on any atom is -0.439 e. The Morgan fingerprint density at radius 2 is 1.94 bits per heavy atom. The molecule has 3 heteroatoms. The summed E-state index contributed by atoms with van der Waals surface area (Å²) in [6, 6.07) is 13.6. The van der Waals surface area contributed by atoms with Crippen molar-refractivity contribution in [2.45, 2.75) is 13.5 Å². The molecule has 0 bridgehead atoms. The van der Waals surface area contributed by atoms with Crippen molar-refractivity contribution in [2.75, 3.05) is 6.54 Å². The summed E-state index contributed by atoms with van der Waals surface area (Å²) in [6.45, 7) is 3.96. The summed E-state index contributed by atoms with van der Waals surface area (Å²) in [7, 11) is 0. The van der Waals surface area contributed by atoms with E-state index in [1.165, 1.54) is 5.56 Å². The number of hydrogen-bond acceptors (Lipinski definition) is 3. The van der Waals surface area contributed by atoms with E-state index in [2.05, 4.69) is 29.4 Å². The van der Waals surface area contributed by atoms with Crippen LogP contribution in [0.3, 0.4) is 0 Å². The van der Waals surface area contributed by atoms with E-state index >= 15 is 0 Å². The standard InChI is InChI=1S/C14H16N2O/c1-2-15-11-12-6-8-13(9-7-12)17-14-5-3-4-10-16-14/h3-10,15H,2,11H2,1H3. The smallest absolute Gasteiger partial charge is 0.219 e. The molecule has 0 fully saturated rings. The summed E-state index contributed by atoms with van der Waals surface area (Å²) >= 11 is 0. The normalized spacial score (nSPS) is 10.2. The predicted molar refractivity (Wildman–Crippen MR) is 68.1 cm³/mol. The van der Waals surface area contributed by atoms with Gasteiger partial charge in [-0.3, -0.25) is 0 Å². The molecule has 0 spiro atoms. The first kappa shape index (κ1) is 11.6. The van der Waals surface area contributed by atoms with Crippen LogP contribution in [0, 0.1) is 0 Å². The number of benzene rings is 1. The van der Waals surface area contributed by atoms with E-state index in [4.69, 9.17) is 4.74 Å². The second-order valence-electron chi connectivity index (χ2n) is 3.69. The van der Waals surface area contributed by atoms with Crippen LogP contribution in [0.1, 0.15) is 12.5 Å². The molecular formula is C14H16N2O. The topological polar surface area (TPSA) is 34.1 Å². The Hall–Kier alpha value is -1.87. The van der Waals surface area contributed by atoms with E-state index < -0.39 is 0 Å². The molecule has 1 heterocycles. The summed E-state index contributed by atoms with van der Waals surface area (Å²) < 4.78 is 5.61. The molecule has 17 heavy (non-hydrogen) atoms. The number of aromatic nitrogens is 1. The Balaban J connectivity index is 1.98. The Morgan fingerprint density at radius 3 is 2.59 bits per heavy atom. The molecule has 2 rings (SSSR count). The van der Waals surface area contributed by atoms with Crippen molar-refractivity contribution in [3.63, 3.8) is 0 Å². The molecule has 0 atom stereocenters. The minimum atomic E-state index is 0.618. The van der Waals surface area contributed by atoms with E-state index in [-0.39, 0.29) is 0 Å².